The zero-order valence-corrected chi connectivity index (χ0v) is 9.40. The molecule has 0 aromatic rings. The Morgan fingerprint density at radius 3 is 1.11 bits per heavy atom. The second-order valence-corrected chi connectivity index (χ2v) is 8.02. The van der Waals surface area contributed by atoms with Crippen molar-refractivity contribution in [2.45, 2.75) is 0 Å². The van der Waals surface area contributed by atoms with E-state index in [1.807, 2.05) is 0 Å². The van der Waals surface area contributed by atoms with Crippen LogP contribution >= 0.6 is 47.3 Å². The summed E-state index contributed by atoms with van der Waals surface area (Å²) in [5.41, 5.74) is 0. The van der Waals surface area contributed by atoms with E-state index in [1.165, 1.54) is 0 Å². The van der Waals surface area contributed by atoms with E-state index < -0.39 is 10.4 Å². The van der Waals surface area contributed by atoms with Crippen LogP contribution in [-0.2, 0) is 10.4 Å². The molecule has 0 heterocycles. The molecular formula is H2BBr3O4S. The van der Waals surface area contributed by atoms with Crippen LogP contribution in [0.2, 0.25) is 0 Å². The molecule has 9 heavy (non-hydrogen) atoms. The van der Waals surface area contributed by atoms with Crippen molar-refractivity contribution in [2.24, 2.45) is 0 Å². The lowest BCUT2D eigenvalue weighted by molar-refractivity contribution is 0.381. The lowest BCUT2D eigenvalue weighted by Gasteiger charge is -1.68. The van der Waals surface area contributed by atoms with Gasteiger partial charge < -0.3 is 0 Å². The Morgan fingerprint density at radius 1 is 1.11 bits per heavy atom. The Morgan fingerprint density at radius 2 is 1.11 bits per heavy atom. The van der Waals surface area contributed by atoms with Crippen molar-refractivity contribution in [3.63, 3.8) is 0 Å². The van der Waals surface area contributed by atoms with Gasteiger partial charge in [0.25, 0.3) is 0 Å². The van der Waals surface area contributed by atoms with Gasteiger partial charge in [0.15, 0.2) is 0 Å². The Hall–Kier alpha value is 1.37. The normalized spacial score (nSPS) is 9.44. The summed E-state index contributed by atoms with van der Waals surface area (Å²) in [7, 11) is -4.67. The summed E-state index contributed by atoms with van der Waals surface area (Å²) in [6.07, 6.45) is 0. The average Bonchev–Trinajstić information content (AvgIpc) is 1.19. The van der Waals surface area contributed by atoms with Crippen LogP contribution in [0.15, 0.2) is 0 Å². The average molecular weight is 349 g/mol. The van der Waals surface area contributed by atoms with E-state index in [0.717, 1.165) is 0 Å². The predicted octanol–water partition coefficient (Wildman–Crippen LogP) is 1.50. The molecule has 0 spiro atoms. The maximum atomic E-state index is 8.74. The fourth-order valence-electron chi connectivity index (χ4n) is 0. The van der Waals surface area contributed by atoms with E-state index in [9.17, 15) is 0 Å². The van der Waals surface area contributed by atoms with Crippen molar-refractivity contribution < 1.29 is 17.5 Å². The molecule has 0 aliphatic heterocycles. The van der Waals surface area contributed by atoms with Crippen LogP contribution in [0.4, 0.5) is 0 Å². The number of rotatable bonds is 0. The summed E-state index contributed by atoms with van der Waals surface area (Å²) in [4.78, 5) is 0. The maximum Gasteiger partial charge on any atom is 0.394 e. The van der Waals surface area contributed by atoms with Crippen molar-refractivity contribution >= 4 is 60.9 Å². The van der Waals surface area contributed by atoms with Gasteiger partial charge in [-0.2, -0.15) is 8.42 Å². The molecule has 0 aliphatic carbocycles. The lowest BCUT2D eigenvalue weighted by atomic mass is 10.8. The van der Waals surface area contributed by atoms with Crippen molar-refractivity contribution in [1.29, 1.82) is 0 Å². The van der Waals surface area contributed by atoms with Crippen LogP contribution in [0, 0.1) is 0 Å². The van der Waals surface area contributed by atoms with Crippen LogP contribution in [0.3, 0.4) is 0 Å². The molecule has 4 nitrogen and oxygen atoms in total. The number of hydrogen-bond donors (Lipinski definition) is 2. The first-order valence-corrected chi connectivity index (χ1v) is 5.50. The number of halogens is 3. The van der Waals surface area contributed by atoms with Crippen molar-refractivity contribution in [3.8, 4) is 0 Å². The topological polar surface area (TPSA) is 74.6 Å². The van der Waals surface area contributed by atoms with Crippen LogP contribution in [0.1, 0.15) is 0 Å². The van der Waals surface area contributed by atoms with Gasteiger partial charge >= 0.3 is 13.6 Å². The molecule has 0 saturated heterocycles. The molecule has 0 unspecified atom stereocenters. The number of hydrogen-bond acceptors (Lipinski definition) is 2. The fraction of sp³-hybridized carbons (Fsp3) is 0. The molecule has 0 aromatic carbocycles. The van der Waals surface area contributed by atoms with Crippen molar-refractivity contribution in [3.05, 3.63) is 0 Å². The van der Waals surface area contributed by atoms with Gasteiger partial charge in [-0.3, -0.25) is 9.11 Å². The fourth-order valence-corrected chi connectivity index (χ4v) is 0. The molecular weight excluding hydrogens is 347 g/mol. The first-order valence-electron chi connectivity index (χ1n) is 1.35. The first kappa shape index (κ1) is 13.0. The molecule has 0 amide bonds. The quantitative estimate of drug-likeness (QED) is 0.514. The minimum atomic E-state index is -4.67. The van der Waals surface area contributed by atoms with Gasteiger partial charge in [0.05, 0.1) is 0 Å². The molecule has 0 aromatic heterocycles. The molecule has 0 radical (unpaired) electrons. The van der Waals surface area contributed by atoms with Gasteiger partial charge in [0.1, 0.15) is 0 Å². The highest BCUT2D eigenvalue weighted by atomic mass is 79.9. The monoisotopic (exact) mass is 346 g/mol. The van der Waals surface area contributed by atoms with Gasteiger partial charge in [-0.1, -0.05) is 0 Å². The Bertz CT molecular complexity index is 127. The largest absolute Gasteiger partial charge is 0.394 e. The van der Waals surface area contributed by atoms with Gasteiger partial charge in [-0.15, -0.1) is 47.3 Å². The Balaban J connectivity index is 0. The molecule has 0 fully saturated rings. The molecule has 0 atom stereocenters. The molecule has 0 rings (SSSR count). The third-order valence-corrected chi connectivity index (χ3v) is 0. The summed E-state index contributed by atoms with van der Waals surface area (Å²) >= 11 is 9.31. The third-order valence-electron chi connectivity index (χ3n) is 0. The standard InChI is InChI=1S/BBr3.H2O4S/c2-1(3)4;1-5(2,3)4/h;(H2,1,2,3,4). The van der Waals surface area contributed by atoms with E-state index in [1.54, 1.807) is 0 Å². The Labute approximate surface area is 78.0 Å². The molecule has 0 aliphatic rings. The predicted molar refractivity (Wildman–Crippen MR) is 46.7 cm³/mol. The van der Waals surface area contributed by atoms with E-state index in [4.69, 9.17) is 17.5 Å². The van der Waals surface area contributed by atoms with E-state index >= 15 is 0 Å². The highest BCUT2D eigenvalue weighted by molar-refractivity contribution is 9.69. The summed E-state index contributed by atoms with van der Waals surface area (Å²) in [6.45, 7) is 0. The highest BCUT2D eigenvalue weighted by Gasteiger charge is 1.87. The smallest absolute Gasteiger partial charge is 0.264 e. The van der Waals surface area contributed by atoms with Crippen LogP contribution in [0.25, 0.3) is 0 Å². The SMILES string of the molecule is BrB(Br)Br.O=S(=O)(O)O. The molecule has 2 N–H and O–H groups in total. The van der Waals surface area contributed by atoms with Crippen molar-refractivity contribution in [1.82, 2.24) is 0 Å². The zero-order chi connectivity index (χ0) is 8.08. The molecule has 56 valence electrons. The third kappa shape index (κ3) is 270. The summed E-state index contributed by atoms with van der Waals surface area (Å²) in [5.74, 6) is 0. The van der Waals surface area contributed by atoms with E-state index in [-0.39, 0.29) is 3.18 Å². The lowest BCUT2D eigenvalue weighted by Crippen LogP contribution is -1.89. The van der Waals surface area contributed by atoms with Crippen LogP contribution in [0.5, 0.6) is 0 Å². The molecule has 0 saturated carbocycles. The summed E-state index contributed by atoms with van der Waals surface area (Å²) in [5, 5.41) is 0. The maximum absolute atomic E-state index is 8.74. The first-order chi connectivity index (χ1) is 3.73. The van der Waals surface area contributed by atoms with E-state index in [0.29, 0.717) is 0 Å². The van der Waals surface area contributed by atoms with Gasteiger partial charge in [-0.25, -0.2) is 0 Å². The van der Waals surface area contributed by atoms with Gasteiger partial charge in [-0.05, 0) is 0 Å². The van der Waals surface area contributed by atoms with Gasteiger partial charge in [0.2, 0.25) is 0 Å². The van der Waals surface area contributed by atoms with E-state index in [2.05, 4.69) is 47.3 Å². The summed E-state index contributed by atoms with van der Waals surface area (Å²) < 4.78 is 31.9. The van der Waals surface area contributed by atoms with Gasteiger partial charge in [0, 0.05) is 0 Å². The van der Waals surface area contributed by atoms with Crippen molar-refractivity contribution in [2.75, 3.05) is 0 Å². The Kier molecular flexibility index (Phi) is 8.82. The minimum Gasteiger partial charge on any atom is -0.264 e. The minimum absolute atomic E-state index is 0.271. The molecule has 9 heteroatoms. The van der Waals surface area contributed by atoms with Crippen LogP contribution < -0.4 is 0 Å². The highest BCUT2D eigenvalue weighted by Crippen LogP contribution is 2.07. The zero-order valence-electron chi connectivity index (χ0n) is 3.83. The summed E-state index contributed by atoms with van der Waals surface area (Å²) in [6, 6.07) is 0. The second-order valence-electron chi connectivity index (χ2n) is 0.695. The second kappa shape index (κ2) is 6.11. The van der Waals surface area contributed by atoms with Crippen LogP contribution in [-0.4, -0.2) is 20.7 Å². The molecule has 0 bridgehead atoms.